The summed E-state index contributed by atoms with van der Waals surface area (Å²) < 4.78 is 5.75. The molecule has 2 aromatic rings. The lowest BCUT2D eigenvalue weighted by Crippen LogP contribution is -2.43. The number of para-hydroxylation sites is 2. The SMILES string of the molecule is CCC1CCCCN1C(=O)c1cccc(C(=O)Nc2ccccc2OC(C)C)n1. The van der Waals surface area contributed by atoms with Crippen LogP contribution in [0.5, 0.6) is 5.75 Å². The van der Waals surface area contributed by atoms with E-state index in [2.05, 4.69) is 17.2 Å². The molecule has 6 nitrogen and oxygen atoms in total. The number of nitrogens with zero attached hydrogens (tertiary/aromatic N) is 2. The summed E-state index contributed by atoms with van der Waals surface area (Å²) >= 11 is 0. The molecule has 1 saturated heterocycles. The van der Waals surface area contributed by atoms with Crippen molar-refractivity contribution in [1.29, 1.82) is 0 Å². The van der Waals surface area contributed by atoms with Crippen molar-refractivity contribution in [1.82, 2.24) is 9.88 Å². The summed E-state index contributed by atoms with van der Waals surface area (Å²) in [4.78, 5) is 32.0. The Morgan fingerprint density at radius 3 is 2.66 bits per heavy atom. The Labute approximate surface area is 172 Å². The fraction of sp³-hybridized carbons (Fsp3) is 0.435. The third kappa shape index (κ3) is 5.13. The number of anilines is 1. The average Bonchev–Trinajstić information content (AvgIpc) is 2.74. The van der Waals surface area contributed by atoms with Crippen LogP contribution >= 0.6 is 0 Å². The van der Waals surface area contributed by atoms with E-state index in [0.29, 0.717) is 17.1 Å². The molecule has 1 aromatic carbocycles. The molecule has 1 atom stereocenters. The lowest BCUT2D eigenvalue weighted by molar-refractivity contribution is 0.0602. The molecule has 1 N–H and O–H groups in total. The van der Waals surface area contributed by atoms with Crippen molar-refractivity contribution in [3.05, 3.63) is 53.9 Å². The van der Waals surface area contributed by atoms with Gasteiger partial charge in [0.2, 0.25) is 0 Å². The Morgan fingerprint density at radius 2 is 1.90 bits per heavy atom. The maximum Gasteiger partial charge on any atom is 0.274 e. The largest absolute Gasteiger partial charge is 0.489 e. The molecular weight excluding hydrogens is 366 g/mol. The second kappa shape index (κ2) is 9.54. The van der Waals surface area contributed by atoms with Gasteiger partial charge in [-0.25, -0.2) is 4.98 Å². The van der Waals surface area contributed by atoms with Gasteiger partial charge < -0.3 is 15.0 Å². The van der Waals surface area contributed by atoms with Gasteiger partial charge in [0.05, 0.1) is 11.8 Å². The molecule has 154 valence electrons. The van der Waals surface area contributed by atoms with Crippen LogP contribution in [0.1, 0.15) is 67.4 Å². The molecule has 2 heterocycles. The fourth-order valence-electron chi connectivity index (χ4n) is 3.63. The van der Waals surface area contributed by atoms with Crippen LogP contribution in [0.25, 0.3) is 0 Å². The molecule has 0 bridgehead atoms. The summed E-state index contributed by atoms with van der Waals surface area (Å²) in [6, 6.07) is 12.5. The number of carbonyl (C=O) groups excluding carboxylic acids is 2. The standard InChI is InChI=1S/C23H29N3O3/c1-4-17-10-7-8-15-26(17)23(28)20-13-9-12-19(24-20)22(27)25-18-11-5-6-14-21(18)29-16(2)3/h5-6,9,11-14,16-17H,4,7-8,10,15H2,1-3H3,(H,25,27). The van der Waals surface area contributed by atoms with E-state index >= 15 is 0 Å². The summed E-state index contributed by atoms with van der Waals surface area (Å²) in [6.07, 6.45) is 4.10. The van der Waals surface area contributed by atoms with Crippen molar-refractivity contribution in [2.45, 2.75) is 58.6 Å². The summed E-state index contributed by atoms with van der Waals surface area (Å²) in [5.74, 6) is 0.127. The molecule has 1 aromatic heterocycles. The summed E-state index contributed by atoms with van der Waals surface area (Å²) in [5.41, 5.74) is 1.09. The van der Waals surface area contributed by atoms with Crippen LogP contribution < -0.4 is 10.1 Å². The molecule has 1 fully saturated rings. The van der Waals surface area contributed by atoms with E-state index in [1.165, 1.54) is 0 Å². The van der Waals surface area contributed by atoms with Gasteiger partial charge >= 0.3 is 0 Å². The molecule has 3 rings (SSSR count). The van der Waals surface area contributed by atoms with Crippen molar-refractivity contribution in [2.24, 2.45) is 0 Å². The second-order valence-electron chi connectivity index (χ2n) is 7.58. The van der Waals surface area contributed by atoms with Gasteiger partial charge in [-0.3, -0.25) is 9.59 Å². The topological polar surface area (TPSA) is 71.5 Å². The first-order chi connectivity index (χ1) is 14.0. The second-order valence-corrected chi connectivity index (χ2v) is 7.58. The van der Waals surface area contributed by atoms with Crippen LogP contribution in [0, 0.1) is 0 Å². The van der Waals surface area contributed by atoms with Gasteiger partial charge in [0.15, 0.2) is 0 Å². The van der Waals surface area contributed by atoms with E-state index in [-0.39, 0.29) is 29.7 Å². The van der Waals surface area contributed by atoms with Crippen molar-refractivity contribution in [2.75, 3.05) is 11.9 Å². The fourth-order valence-corrected chi connectivity index (χ4v) is 3.63. The van der Waals surface area contributed by atoms with Crippen molar-refractivity contribution in [3.8, 4) is 5.75 Å². The van der Waals surface area contributed by atoms with Crippen LogP contribution in [-0.2, 0) is 0 Å². The Bertz CT molecular complexity index is 866. The first-order valence-corrected chi connectivity index (χ1v) is 10.3. The predicted molar refractivity (Wildman–Crippen MR) is 113 cm³/mol. The van der Waals surface area contributed by atoms with Crippen LogP contribution in [0.3, 0.4) is 0 Å². The highest BCUT2D eigenvalue weighted by Gasteiger charge is 2.27. The maximum absolute atomic E-state index is 13.0. The number of benzene rings is 1. The number of carbonyl (C=O) groups is 2. The Hall–Kier alpha value is -2.89. The summed E-state index contributed by atoms with van der Waals surface area (Å²) in [5, 5.41) is 2.85. The molecule has 29 heavy (non-hydrogen) atoms. The number of amides is 2. The highest BCUT2D eigenvalue weighted by atomic mass is 16.5. The van der Waals surface area contributed by atoms with Gasteiger partial charge in [0, 0.05) is 12.6 Å². The van der Waals surface area contributed by atoms with Crippen LogP contribution in [0.4, 0.5) is 5.69 Å². The first-order valence-electron chi connectivity index (χ1n) is 10.3. The number of nitrogens with one attached hydrogen (secondary N) is 1. The van der Waals surface area contributed by atoms with Crippen molar-refractivity contribution >= 4 is 17.5 Å². The maximum atomic E-state index is 13.0. The third-order valence-electron chi connectivity index (χ3n) is 5.06. The van der Waals surface area contributed by atoms with E-state index in [1.807, 2.05) is 36.9 Å². The lowest BCUT2D eigenvalue weighted by atomic mass is 9.99. The Kier molecular flexibility index (Phi) is 6.86. The van der Waals surface area contributed by atoms with E-state index in [0.717, 1.165) is 32.2 Å². The van der Waals surface area contributed by atoms with E-state index < -0.39 is 0 Å². The van der Waals surface area contributed by atoms with Crippen LogP contribution in [0.15, 0.2) is 42.5 Å². The minimum atomic E-state index is -0.370. The van der Waals surface area contributed by atoms with Gasteiger partial charge in [-0.1, -0.05) is 25.1 Å². The number of piperidine rings is 1. The normalized spacial score (nSPS) is 16.6. The number of hydrogen-bond acceptors (Lipinski definition) is 4. The van der Waals surface area contributed by atoms with Crippen molar-refractivity contribution < 1.29 is 14.3 Å². The highest BCUT2D eigenvalue weighted by Crippen LogP contribution is 2.25. The molecule has 0 aliphatic carbocycles. The van der Waals surface area contributed by atoms with Gasteiger partial charge in [-0.15, -0.1) is 0 Å². The number of aromatic nitrogens is 1. The van der Waals surface area contributed by atoms with E-state index in [1.54, 1.807) is 24.3 Å². The van der Waals surface area contributed by atoms with Crippen LogP contribution in [-0.4, -0.2) is 40.4 Å². The molecule has 1 aliphatic heterocycles. The highest BCUT2D eigenvalue weighted by molar-refractivity contribution is 6.04. The van der Waals surface area contributed by atoms with Gasteiger partial charge in [0.1, 0.15) is 17.1 Å². The minimum Gasteiger partial charge on any atom is -0.489 e. The third-order valence-corrected chi connectivity index (χ3v) is 5.06. The zero-order valence-corrected chi connectivity index (χ0v) is 17.4. The number of rotatable bonds is 6. The molecule has 0 saturated carbocycles. The molecule has 1 aliphatic rings. The molecule has 6 heteroatoms. The zero-order chi connectivity index (χ0) is 20.8. The average molecular weight is 396 g/mol. The van der Waals surface area contributed by atoms with Gasteiger partial charge in [-0.2, -0.15) is 0 Å². The van der Waals surface area contributed by atoms with Crippen LogP contribution in [0.2, 0.25) is 0 Å². The van der Waals surface area contributed by atoms with Gasteiger partial charge in [-0.05, 0) is 63.8 Å². The number of pyridine rings is 1. The molecule has 0 spiro atoms. The zero-order valence-electron chi connectivity index (χ0n) is 17.4. The number of ether oxygens (including phenoxy) is 1. The predicted octanol–water partition coefficient (Wildman–Crippen LogP) is 4.53. The molecule has 1 unspecified atom stereocenters. The minimum absolute atomic E-state index is 0.0109. The molecule has 0 radical (unpaired) electrons. The Morgan fingerprint density at radius 1 is 1.14 bits per heavy atom. The van der Waals surface area contributed by atoms with Gasteiger partial charge in [0.25, 0.3) is 11.8 Å². The van der Waals surface area contributed by atoms with Crippen molar-refractivity contribution in [3.63, 3.8) is 0 Å². The smallest absolute Gasteiger partial charge is 0.274 e. The molecule has 2 amide bonds. The Balaban J connectivity index is 1.77. The molecular formula is C23H29N3O3. The lowest BCUT2D eigenvalue weighted by Gasteiger charge is -2.35. The quantitative estimate of drug-likeness (QED) is 0.780. The van der Waals surface area contributed by atoms with E-state index in [4.69, 9.17) is 4.74 Å². The number of hydrogen-bond donors (Lipinski definition) is 1. The summed E-state index contributed by atoms with van der Waals surface area (Å²) in [6.45, 7) is 6.71. The first kappa shape index (κ1) is 20.8. The summed E-state index contributed by atoms with van der Waals surface area (Å²) in [7, 11) is 0. The van der Waals surface area contributed by atoms with E-state index in [9.17, 15) is 9.59 Å². The monoisotopic (exact) mass is 395 g/mol. The number of likely N-dealkylation sites (tertiary alicyclic amines) is 1.